The molecule has 3 heterocycles. The van der Waals surface area contributed by atoms with E-state index in [2.05, 4.69) is 51.0 Å². The molecular weight excluding hydrogens is 328 g/mol. The van der Waals surface area contributed by atoms with Crippen molar-refractivity contribution in [3.05, 3.63) is 29.9 Å². The van der Waals surface area contributed by atoms with Gasteiger partial charge in [0.1, 0.15) is 24.0 Å². The van der Waals surface area contributed by atoms with E-state index in [1.807, 2.05) is 24.0 Å². The first-order valence-electron chi connectivity index (χ1n) is 9.53. The van der Waals surface area contributed by atoms with Gasteiger partial charge in [-0.3, -0.25) is 0 Å². The van der Waals surface area contributed by atoms with Gasteiger partial charge in [-0.2, -0.15) is 5.10 Å². The Hall–Kier alpha value is -2.38. The van der Waals surface area contributed by atoms with Crippen molar-refractivity contribution in [2.45, 2.75) is 66.2 Å². The second kappa shape index (κ2) is 8.33. The van der Waals surface area contributed by atoms with E-state index in [4.69, 9.17) is 4.99 Å². The molecule has 1 atom stereocenters. The molecule has 2 aromatic heterocycles. The molecule has 1 unspecified atom stereocenters. The molecule has 3 rings (SSSR count). The number of rotatable bonds is 6. The molecule has 0 saturated carbocycles. The molecule has 1 aliphatic heterocycles. The summed E-state index contributed by atoms with van der Waals surface area (Å²) < 4.78 is 4.19. The average Bonchev–Trinajstić information content (AvgIpc) is 3.18. The maximum atomic E-state index is 4.75. The van der Waals surface area contributed by atoms with Gasteiger partial charge in [0.15, 0.2) is 5.96 Å². The van der Waals surface area contributed by atoms with Crippen molar-refractivity contribution in [1.82, 2.24) is 34.9 Å². The zero-order valence-corrected chi connectivity index (χ0v) is 16.2. The summed E-state index contributed by atoms with van der Waals surface area (Å²) in [5, 5.41) is 11.3. The Morgan fingerprint density at radius 2 is 2.27 bits per heavy atom. The van der Waals surface area contributed by atoms with Crippen molar-refractivity contribution in [2.75, 3.05) is 6.54 Å². The summed E-state index contributed by atoms with van der Waals surface area (Å²) in [6.45, 7) is 11.7. The molecule has 8 heteroatoms. The van der Waals surface area contributed by atoms with Gasteiger partial charge in [0, 0.05) is 32.0 Å². The molecule has 0 aromatic carbocycles. The van der Waals surface area contributed by atoms with Crippen LogP contribution >= 0.6 is 0 Å². The first-order chi connectivity index (χ1) is 12.6. The molecule has 2 aromatic rings. The molecule has 0 saturated heterocycles. The number of nitrogens with zero attached hydrogens (tertiary/aromatic N) is 6. The van der Waals surface area contributed by atoms with Gasteiger partial charge in [0.05, 0.1) is 6.04 Å². The minimum Gasteiger partial charge on any atom is -0.357 e. The highest BCUT2D eigenvalue weighted by Crippen LogP contribution is 2.22. The lowest BCUT2D eigenvalue weighted by Gasteiger charge is -2.25. The highest BCUT2D eigenvalue weighted by Gasteiger charge is 2.24. The number of aliphatic imine (C=N–C) groups is 1. The van der Waals surface area contributed by atoms with Gasteiger partial charge in [0.25, 0.3) is 0 Å². The molecule has 2 N–H and O–H groups in total. The zero-order valence-electron chi connectivity index (χ0n) is 16.2. The van der Waals surface area contributed by atoms with Crippen LogP contribution in [0.4, 0.5) is 0 Å². The fourth-order valence-corrected chi connectivity index (χ4v) is 3.29. The Morgan fingerprint density at radius 1 is 1.42 bits per heavy atom. The van der Waals surface area contributed by atoms with E-state index in [-0.39, 0.29) is 6.04 Å². The largest absolute Gasteiger partial charge is 0.357 e. The number of aromatic nitrogens is 5. The van der Waals surface area contributed by atoms with Crippen LogP contribution in [-0.4, -0.2) is 36.8 Å². The third-order valence-corrected chi connectivity index (χ3v) is 4.38. The number of guanidine groups is 1. The molecule has 0 amide bonds. The Balaban J connectivity index is 1.72. The molecule has 0 radical (unpaired) electrons. The van der Waals surface area contributed by atoms with Crippen molar-refractivity contribution >= 4 is 5.96 Å². The second-order valence-electron chi connectivity index (χ2n) is 7.16. The lowest BCUT2D eigenvalue weighted by atomic mass is 10.1. The summed E-state index contributed by atoms with van der Waals surface area (Å²) in [7, 11) is 0. The third-order valence-electron chi connectivity index (χ3n) is 4.38. The third kappa shape index (κ3) is 4.42. The van der Waals surface area contributed by atoms with Crippen LogP contribution in [0.25, 0.3) is 0 Å². The maximum absolute atomic E-state index is 4.75. The van der Waals surface area contributed by atoms with Gasteiger partial charge in [0.2, 0.25) is 0 Å². The van der Waals surface area contributed by atoms with Gasteiger partial charge in [-0.05, 0) is 32.6 Å². The van der Waals surface area contributed by atoms with Gasteiger partial charge >= 0.3 is 0 Å². The monoisotopic (exact) mass is 358 g/mol. The van der Waals surface area contributed by atoms with E-state index in [1.54, 1.807) is 0 Å². The summed E-state index contributed by atoms with van der Waals surface area (Å²) in [5.41, 5.74) is 0. The topological polar surface area (TPSA) is 85.0 Å². The first-order valence-corrected chi connectivity index (χ1v) is 9.53. The minimum absolute atomic E-state index is 0.137. The van der Waals surface area contributed by atoms with E-state index >= 15 is 0 Å². The van der Waals surface area contributed by atoms with Gasteiger partial charge < -0.3 is 15.2 Å². The fraction of sp³-hybridized carbons (Fsp3) is 0.667. The van der Waals surface area contributed by atoms with Crippen LogP contribution in [0.15, 0.2) is 17.4 Å². The Morgan fingerprint density at radius 3 is 3.04 bits per heavy atom. The molecule has 142 valence electrons. The number of hydrogen-bond donors (Lipinski definition) is 2. The van der Waals surface area contributed by atoms with Crippen LogP contribution in [0, 0.1) is 12.8 Å². The molecule has 26 heavy (non-hydrogen) atoms. The molecule has 0 bridgehead atoms. The Bertz CT molecular complexity index is 742. The lowest BCUT2D eigenvalue weighted by Crippen LogP contribution is -2.41. The SMILES string of the molecule is CCNC(=NCc1nccn1CC(C)C)NC1CCCn2nc(C)nc21. The number of imidazole rings is 1. The van der Waals surface area contributed by atoms with Crippen LogP contribution in [0.1, 0.15) is 57.1 Å². The second-order valence-corrected chi connectivity index (χ2v) is 7.16. The van der Waals surface area contributed by atoms with E-state index in [9.17, 15) is 0 Å². The first kappa shape index (κ1) is 18.4. The van der Waals surface area contributed by atoms with Crippen LogP contribution in [0.5, 0.6) is 0 Å². The van der Waals surface area contributed by atoms with Crippen molar-refractivity contribution in [3.63, 3.8) is 0 Å². The van der Waals surface area contributed by atoms with Crippen LogP contribution in [-0.2, 0) is 19.6 Å². The van der Waals surface area contributed by atoms with Crippen molar-refractivity contribution in [1.29, 1.82) is 0 Å². The molecule has 0 spiro atoms. The summed E-state index contributed by atoms with van der Waals surface area (Å²) in [6, 6.07) is 0.137. The summed E-state index contributed by atoms with van der Waals surface area (Å²) in [4.78, 5) is 13.8. The maximum Gasteiger partial charge on any atom is 0.192 e. The van der Waals surface area contributed by atoms with Crippen LogP contribution < -0.4 is 10.6 Å². The van der Waals surface area contributed by atoms with Gasteiger partial charge in [-0.25, -0.2) is 19.6 Å². The van der Waals surface area contributed by atoms with Crippen molar-refractivity contribution in [2.24, 2.45) is 10.9 Å². The van der Waals surface area contributed by atoms with Gasteiger partial charge in [-0.15, -0.1) is 0 Å². The summed E-state index contributed by atoms with van der Waals surface area (Å²) in [5.74, 6) is 4.19. The quantitative estimate of drug-likeness (QED) is 0.610. The van der Waals surface area contributed by atoms with E-state index < -0.39 is 0 Å². The number of hydrogen-bond acceptors (Lipinski definition) is 4. The zero-order chi connectivity index (χ0) is 18.5. The molecular formula is C18H30N8. The summed E-state index contributed by atoms with van der Waals surface area (Å²) >= 11 is 0. The smallest absolute Gasteiger partial charge is 0.192 e. The standard InChI is InChI=1S/C18H30N8/c1-5-19-18(21-11-16-20-8-10-25(16)12-13(2)3)23-15-7-6-9-26-17(15)22-14(4)24-26/h8,10,13,15H,5-7,9,11-12H2,1-4H3,(H2,19,21,23). The predicted octanol–water partition coefficient (Wildman–Crippen LogP) is 2.03. The molecule has 0 fully saturated rings. The summed E-state index contributed by atoms with van der Waals surface area (Å²) in [6.07, 6.45) is 5.99. The Labute approximate surface area is 155 Å². The van der Waals surface area contributed by atoms with Crippen LogP contribution in [0.3, 0.4) is 0 Å². The lowest BCUT2D eigenvalue weighted by molar-refractivity contribution is 0.397. The average molecular weight is 358 g/mol. The molecule has 8 nitrogen and oxygen atoms in total. The molecule has 1 aliphatic rings. The predicted molar refractivity (Wildman–Crippen MR) is 102 cm³/mol. The number of aryl methyl sites for hydroxylation is 2. The highest BCUT2D eigenvalue weighted by molar-refractivity contribution is 5.80. The number of nitrogens with one attached hydrogen (secondary N) is 2. The Kier molecular flexibility index (Phi) is 5.90. The van der Waals surface area contributed by atoms with E-state index in [1.165, 1.54) is 0 Å². The van der Waals surface area contributed by atoms with Crippen molar-refractivity contribution in [3.8, 4) is 0 Å². The molecule has 0 aliphatic carbocycles. The van der Waals surface area contributed by atoms with E-state index in [0.717, 1.165) is 55.9 Å². The number of fused-ring (bicyclic) bond motifs is 1. The highest BCUT2D eigenvalue weighted by atomic mass is 15.4. The van der Waals surface area contributed by atoms with E-state index in [0.29, 0.717) is 12.5 Å². The van der Waals surface area contributed by atoms with Gasteiger partial charge in [-0.1, -0.05) is 13.8 Å². The normalized spacial score (nSPS) is 17.4. The fourth-order valence-electron chi connectivity index (χ4n) is 3.29. The van der Waals surface area contributed by atoms with Crippen molar-refractivity contribution < 1.29 is 0 Å². The minimum atomic E-state index is 0.137. The van der Waals surface area contributed by atoms with Crippen LogP contribution in [0.2, 0.25) is 0 Å².